The largest absolute Gasteiger partial charge is 0.508 e. The Labute approximate surface area is 340 Å². The molecule has 0 bridgehead atoms. The number of hydrogen-bond acceptors (Lipinski definition) is 8. The van der Waals surface area contributed by atoms with Crippen LogP contribution in [0.2, 0.25) is 0 Å². The normalized spacial score (nSPS) is 17.0. The van der Waals surface area contributed by atoms with Crippen LogP contribution in [0.15, 0.2) is 85.1 Å². The Hall–Kier alpha value is -6.71. The lowest BCUT2D eigenvalue weighted by Crippen LogP contribution is -2.59. The number of phenols is 1. The molecule has 0 radical (unpaired) electrons. The van der Waals surface area contributed by atoms with Gasteiger partial charge in [-0.2, -0.15) is 0 Å². The Morgan fingerprint density at radius 1 is 0.644 bits per heavy atom. The van der Waals surface area contributed by atoms with E-state index in [1.165, 1.54) is 19.2 Å². The number of para-hydroxylation sites is 1. The number of rotatable bonds is 19. The number of phenolic OH excluding ortho intramolecular Hbond substituents is 1. The van der Waals surface area contributed by atoms with Gasteiger partial charge in [-0.25, -0.2) is 0 Å². The number of aromatic nitrogens is 1. The molecule has 1 fully saturated rings. The number of H-pyrrole nitrogens is 1. The zero-order valence-electron chi connectivity index (χ0n) is 32.6. The second-order valence-corrected chi connectivity index (χ2v) is 14.8. The number of aliphatic carboxylic acids is 2. The van der Waals surface area contributed by atoms with E-state index < -0.39 is 83.9 Å². The number of aromatic hydroxyl groups is 1. The van der Waals surface area contributed by atoms with E-state index in [2.05, 4.69) is 31.6 Å². The quantitative estimate of drug-likeness (QED) is 0.0668. The van der Waals surface area contributed by atoms with E-state index in [4.69, 9.17) is 0 Å². The number of nitrogens with one attached hydrogen (secondary N) is 6. The van der Waals surface area contributed by atoms with E-state index in [-0.39, 0.29) is 31.4 Å². The minimum atomic E-state index is -1.45. The molecule has 1 aromatic heterocycles. The molecule has 0 unspecified atom stereocenters. The fourth-order valence-corrected chi connectivity index (χ4v) is 7.41. The SMILES string of the molecule is CNC(=O)[C@H](Cc1c[nH]c2ccccc12)NC(=O)[C@H](CCC(=O)O)NC(=O)[C@H](Cc1ccccc1)NC(=O)[C@H](Cc1ccc(O)cc1)NC(=O)[C@@H]1CCCC[C@H]1C(=O)O. The van der Waals surface area contributed by atoms with Crippen LogP contribution in [0, 0.1) is 11.8 Å². The lowest BCUT2D eigenvalue weighted by molar-refractivity contribution is -0.149. The molecule has 0 aliphatic heterocycles. The number of carboxylic acids is 2. The van der Waals surface area contributed by atoms with E-state index >= 15 is 0 Å². The van der Waals surface area contributed by atoms with Crippen LogP contribution in [0.1, 0.15) is 55.2 Å². The van der Waals surface area contributed by atoms with E-state index in [9.17, 15) is 48.9 Å². The first-order chi connectivity index (χ1) is 28.3. The molecule has 6 atom stereocenters. The Bertz CT molecular complexity index is 2120. The molecule has 0 spiro atoms. The standard InChI is InChI=1S/C43H50N6O10/c1-44-39(54)36(23-27-24-45-32-14-8-7-11-29(27)32)49-40(55)33(19-20-37(51)52)46-41(56)35(21-25-9-3-2-4-10-25)48-42(57)34(22-26-15-17-28(50)18-16-26)47-38(53)30-12-5-6-13-31(30)43(58)59/h2-4,7-11,14-18,24,30-31,33-36,45,50H,5-6,12-13,19-23H2,1H3,(H,44,54)(H,46,56)(H,47,53)(H,48,57)(H,49,55)(H,51,52)(H,58,59)/t30-,31-,33+,34+,35+,36+/m1/s1. The third-order valence-corrected chi connectivity index (χ3v) is 10.6. The average molecular weight is 811 g/mol. The van der Waals surface area contributed by atoms with Crippen molar-refractivity contribution in [1.29, 1.82) is 0 Å². The molecule has 4 aromatic rings. The maximum atomic E-state index is 14.2. The zero-order chi connectivity index (χ0) is 42.5. The van der Waals surface area contributed by atoms with Gasteiger partial charge in [0, 0.05) is 49.8 Å². The van der Waals surface area contributed by atoms with Crippen LogP contribution in [-0.2, 0) is 52.8 Å². The number of hydrogen-bond donors (Lipinski definition) is 9. The van der Waals surface area contributed by atoms with Crippen molar-refractivity contribution in [3.8, 4) is 5.75 Å². The highest BCUT2D eigenvalue weighted by Crippen LogP contribution is 2.31. The molecule has 0 saturated heterocycles. The van der Waals surface area contributed by atoms with Gasteiger partial charge < -0.3 is 46.9 Å². The number of aromatic amines is 1. The van der Waals surface area contributed by atoms with Crippen LogP contribution in [0.5, 0.6) is 5.75 Å². The van der Waals surface area contributed by atoms with Crippen LogP contribution in [0.25, 0.3) is 10.9 Å². The molecular formula is C43H50N6O10. The van der Waals surface area contributed by atoms with E-state index in [1.54, 1.807) is 48.7 Å². The maximum absolute atomic E-state index is 14.2. The third-order valence-electron chi connectivity index (χ3n) is 10.6. The molecule has 16 nitrogen and oxygen atoms in total. The van der Waals surface area contributed by atoms with Gasteiger partial charge in [-0.3, -0.25) is 33.6 Å². The maximum Gasteiger partial charge on any atom is 0.307 e. The Kier molecular flexibility index (Phi) is 15.2. The van der Waals surface area contributed by atoms with Gasteiger partial charge in [0.25, 0.3) is 0 Å². The van der Waals surface area contributed by atoms with Gasteiger partial charge >= 0.3 is 11.9 Å². The van der Waals surface area contributed by atoms with Gasteiger partial charge in [0.15, 0.2) is 0 Å². The summed E-state index contributed by atoms with van der Waals surface area (Å²) in [5.41, 5.74) is 2.74. The van der Waals surface area contributed by atoms with Crippen molar-refractivity contribution >= 4 is 52.4 Å². The smallest absolute Gasteiger partial charge is 0.307 e. The number of carbonyl (C=O) groups excluding carboxylic acids is 5. The summed E-state index contributed by atoms with van der Waals surface area (Å²) >= 11 is 0. The van der Waals surface area contributed by atoms with Crippen LogP contribution in [-0.4, -0.2) is 93.0 Å². The first-order valence-electron chi connectivity index (χ1n) is 19.6. The highest BCUT2D eigenvalue weighted by atomic mass is 16.4. The predicted molar refractivity (Wildman–Crippen MR) is 216 cm³/mol. The summed E-state index contributed by atoms with van der Waals surface area (Å²) in [5, 5.41) is 43.3. The molecule has 16 heteroatoms. The molecule has 9 N–H and O–H groups in total. The minimum Gasteiger partial charge on any atom is -0.508 e. The number of benzene rings is 3. The number of likely N-dealkylation sites (N-methyl/N-ethyl adjacent to an activating group) is 1. The highest BCUT2D eigenvalue weighted by molar-refractivity contribution is 5.96. The summed E-state index contributed by atoms with van der Waals surface area (Å²) in [6, 6.07) is 16.9. The third kappa shape index (κ3) is 12.1. The second-order valence-electron chi connectivity index (χ2n) is 14.8. The summed E-state index contributed by atoms with van der Waals surface area (Å²) in [6.45, 7) is 0. The lowest BCUT2D eigenvalue weighted by Gasteiger charge is -2.30. The van der Waals surface area contributed by atoms with Crippen molar-refractivity contribution in [2.24, 2.45) is 11.8 Å². The van der Waals surface area contributed by atoms with Gasteiger partial charge in [0.05, 0.1) is 11.8 Å². The highest BCUT2D eigenvalue weighted by Gasteiger charge is 2.38. The molecule has 312 valence electrons. The minimum absolute atomic E-state index is 0.0222. The van der Waals surface area contributed by atoms with Crippen LogP contribution < -0.4 is 26.6 Å². The molecule has 5 rings (SSSR count). The summed E-state index contributed by atoms with van der Waals surface area (Å²) in [6.07, 6.45) is 2.70. The molecule has 1 aliphatic rings. The number of amides is 5. The van der Waals surface area contributed by atoms with Crippen molar-refractivity contribution in [2.45, 2.75) is 82.0 Å². The first-order valence-corrected chi connectivity index (χ1v) is 19.6. The van der Waals surface area contributed by atoms with Gasteiger partial charge in [0.2, 0.25) is 29.5 Å². The van der Waals surface area contributed by atoms with E-state index in [0.717, 1.165) is 16.5 Å². The summed E-state index contributed by atoms with van der Waals surface area (Å²) in [7, 11) is 1.41. The molecule has 59 heavy (non-hydrogen) atoms. The van der Waals surface area contributed by atoms with Gasteiger partial charge in [-0.1, -0.05) is 73.5 Å². The van der Waals surface area contributed by atoms with Gasteiger partial charge in [-0.05, 0) is 54.2 Å². The molecule has 1 heterocycles. The van der Waals surface area contributed by atoms with Crippen molar-refractivity contribution in [2.75, 3.05) is 7.05 Å². The summed E-state index contributed by atoms with van der Waals surface area (Å²) < 4.78 is 0. The molecule has 3 aromatic carbocycles. The van der Waals surface area contributed by atoms with Crippen molar-refractivity contribution in [3.63, 3.8) is 0 Å². The Morgan fingerprint density at radius 2 is 1.19 bits per heavy atom. The molecule has 5 amide bonds. The van der Waals surface area contributed by atoms with Crippen molar-refractivity contribution in [3.05, 3.63) is 102 Å². The Balaban J connectivity index is 1.39. The number of carbonyl (C=O) groups is 7. The average Bonchev–Trinajstić information content (AvgIpc) is 3.64. The molecular weight excluding hydrogens is 761 g/mol. The van der Waals surface area contributed by atoms with Crippen LogP contribution >= 0.6 is 0 Å². The zero-order valence-corrected chi connectivity index (χ0v) is 32.6. The lowest BCUT2D eigenvalue weighted by atomic mass is 9.78. The molecule has 1 aliphatic carbocycles. The van der Waals surface area contributed by atoms with Crippen molar-refractivity contribution in [1.82, 2.24) is 31.6 Å². The van der Waals surface area contributed by atoms with Gasteiger partial charge in [-0.15, -0.1) is 0 Å². The fourth-order valence-electron chi connectivity index (χ4n) is 7.41. The second kappa shape index (κ2) is 20.6. The van der Waals surface area contributed by atoms with Crippen LogP contribution in [0.3, 0.4) is 0 Å². The fraction of sp³-hybridized carbons (Fsp3) is 0.372. The molecule has 1 saturated carbocycles. The monoisotopic (exact) mass is 810 g/mol. The number of fused-ring (bicyclic) bond motifs is 1. The number of carboxylic acid groups (broad SMARTS) is 2. The van der Waals surface area contributed by atoms with Crippen LogP contribution in [0.4, 0.5) is 0 Å². The van der Waals surface area contributed by atoms with E-state index in [0.29, 0.717) is 36.8 Å². The first kappa shape index (κ1) is 43.4. The predicted octanol–water partition coefficient (Wildman–Crippen LogP) is 2.34. The Morgan fingerprint density at radius 3 is 1.81 bits per heavy atom. The summed E-state index contributed by atoms with van der Waals surface area (Å²) in [5.74, 6) is -7.77. The van der Waals surface area contributed by atoms with Crippen molar-refractivity contribution < 1.29 is 48.9 Å². The van der Waals surface area contributed by atoms with E-state index in [1.807, 2.05) is 24.3 Å². The summed E-state index contributed by atoms with van der Waals surface area (Å²) in [4.78, 5) is 95.9. The van der Waals surface area contributed by atoms with Gasteiger partial charge in [0.1, 0.15) is 29.9 Å². The topological polar surface area (TPSA) is 256 Å².